The molecular weight excluding hydrogens is 352 g/mol. The zero-order valence-electron chi connectivity index (χ0n) is 16.4. The van der Waals surface area contributed by atoms with Gasteiger partial charge < -0.3 is 14.4 Å². The fourth-order valence-electron chi connectivity index (χ4n) is 3.12. The van der Waals surface area contributed by atoms with E-state index in [9.17, 15) is 0 Å². The van der Waals surface area contributed by atoms with Gasteiger partial charge in [-0.3, -0.25) is 0 Å². The van der Waals surface area contributed by atoms with Crippen molar-refractivity contribution < 1.29 is 9.05 Å². The number of aryl methyl sites for hydroxylation is 3. The highest BCUT2D eigenvalue weighted by molar-refractivity contribution is 5.65. The smallest absolute Gasteiger partial charge is 0.258 e. The molecule has 0 atom stereocenters. The Bertz CT molecular complexity index is 1090. The van der Waals surface area contributed by atoms with Gasteiger partial charge >= 0.3 is 0 Å². The monoisotopic (exact) mass is 374 g/mol. The van der Waals surface area contributed by atoms with Crippen LogP contribution in [0.15, 0.2) is 51.5 Å². The van der Waals surface area contributed by atoms with Crippen molar-refractivity contribution in [2.45, 2.75) is 34.2 Å². The molecule has 0 saturated carbocycles. The average molecular weight is 374 g/mol. The SMILES string of the molecule is Cc1cccc(-c2noc(-c3ccc(NCc4c(C)noc4C)cc3)n2)c1C. The summed E-state index contributed by atoms with van der Waals surface area (Å²) in [5, 5.41) is 11.5. The van der Waals surface area contributed by atoms with Crippen molar-refractivity contribution in [3.05, 3.63) is 70.6 Å². The molecule has 2 aromatic carbocycles. The van der Waals surface area contributed by atoms with Gasteiger partial charge in [-0.15, -0.1) is 0 Å². The third kappa shape index (κ3) is 3.41. The van der Waals surface area contributed by atoms with E-state index < -0.39 is 0 Å². The Morgan fingerprint density at radius 1 is 0.893 bits per heavy atom. The van der Waals surface area contributed by atoms with Crippen LogP contribution in [0.25, 0.3) is 22.8 Å². The minimum absolute atomic E-state index is 0.508. The molecular formula is C22H22N4O2. The molecule has 0 aliphatic heterocycles. The van der Waals surface area contributed by atoms with Crippen LogP contribution < -0.4 is 5.32 Å². The number of hydrogen-bond donors (Lipinski definition) is 1. The summed E-state index contributed by atoms with van der Waals surface area (Å²) in [6.45, 7) is 8.68. The molecule has 0 fully saturated rings. The van der Waals surface area contributed by atoms with E-state index in [4.69, 9.17) is 9.05 Å². The Balaban J connectivity index is 1.50. The van der Waals surface area contributed by atoms with Gasteiger partial charge in [0.15, 0.2) is 0 Å². The van der Waals surface area contributed by atoms with E-state index in [2.05, 4.69) is 40.5 Å². The van der Waals surface area contributed by atoms with Gasteiger partial charge in [-0.1, -0.05) is 28.5 Å². The van der Waals surface area contributed by atoms with Gasteiger partial charge in [-0.25, -0.2) is 0 Å². The zero-order chi connectivity index (χ0) is 19.7. The number of benzene rings is 2. The quantitative estimate of drug-likeness (QED) is 0.515. The van der Waals surface area contributed by atoms with Crippen LogP contribution in [0, 0.1) is 27.7 Å². The molecule has 2 heterocycles. The highest BCUT2D eigenvalue weighted by Crippen LogP contribution is 2.27. The standard InChI is InChI=1S/C22H22N4O2/c1-13-6-5-7-19(14(13)2)21-24-22(28-26-21)17-8-10-18(11-9-17)23-12-20-15(3)25-27-16(20)4/h5-11,23H,12H2,1-4H3. The topological polar surface area (TPSA) is 77.0 Å². The van der Waals surface area contributed by atoms with Crippen LogP contribution in [0.1, 0.15) is 28.1 Å². The summed E-state index contributed by atoms with van der Waals surface area (Å²) >= 11 is 0. The van der Waals surface area contributed by atoms with Crippen LogP contribution in [-0.2, 0) is 6.54 Å². The number of anilines is 1. The van der Waals surface area contributed by atoms with Crippen molar-refractivity contribution in [3.63, 3.8) is 0 Å². The molecule has 4 rings (SSSR count). The molecule has 0 radical (unpaired) electrons. The fraction of sp³-hybridized carbons (Fsp3) is 0.227. The third-order valence-corrected chi connectivity index (χ3v) is 5.05. The lowest BCUT2D eigenvalue weighted by Gasteiger charge is -2.06. The molecule has 0 bridgehead atoms. The van der Waals surface area contributed by atoms with Gasteiger partial charge in [-0.05, 0) is 63.1 Å². The molecule has 0 unspecified atom stereocenters. The van der Waals surface area contributed by atoms with Gasteiger partial charge in [0.2, 0.25) is 5.82 Å². The van der Waals surface area contributed by atoms with E-state index in [0.29, 0.717) is 18.3 Å². The van der Waals surface area contributed by atoms with Gasteiger partial charge in [-0.2, -0.15) is 4.98 Å². The molecule has 4 aromatic rings. The van der Waals surface area contributed by atoms with E-state index in [1.54, 1.807) is 0 Å². The molecule has 0 saturated heterocycles. The second-order valence-electron chi connectivity index (χ2n) is 6.90. The summed E-state index contributed by atoms with van der Waals surface area (Å²) in [5.41, 5.74) is 7.23. The van der Waals surface area contributed by atoms with Crippen LogP contribution >= 0.6 is 0 Å². The van der Waals surface area contributed by atoms with E-state index in [1.807, 2.05) is 50.2 Å². The predicted octanol–water partition coefficient (Wildman–Crippen LogP) is 5.24. The van der Waals surface area contributed by atoms with E-state index in [1.165, 1.54) is 5.56 Å². The largest absolute Gasteiger partial charge is 0.381 e. The Labute approximate surface area is 163 Å². The summed E-state index contributed by atoms with van der Waals surface area (Å²) in [6.07, 6.45) is 0. The fourth-order valence-corrected chi connectivity index (χ4v) is 3.12. The number of hydrogen-bond acceptors (Lipinski definition) is 6. The summed E-state index contributed by atoms with van der Waals surface area (Å²) in [4.78, 5) is 4.57. The molecule has 0 aliphatic rings. The minimum Gasteiger partial charge on any atom is -0.381 e. The molecule has 0 amide bonds. The maximum absolute atomic E-state index is 5.49. The number of nitrogens with one attached hydrogen (secondary N) is 1. The molecule has 6 nitrogen and oxygen atoms in total. The molecule has 1 N–H and O–H groups in total. The van der Waals surface area contributed by atoms with Crippen LogP contribution in [-0.4, -0.2) is 15.3 Å². The van der Waals surface area contributed by atoms with Crippen molar-refractivity contribution in [3.8, 4) is 22.8 Å². The first kappa shape index (κ1) is 18.0. The number of nitrogens with zero attached hydrogens (tertiary/aromatic N) is 3. The van der Waals surface area contributed by atoms with Crippen molar-refractivity contribution in [2.24, 2.45) is 0 Å². The Kier molecular flexibility index (Phi) is 4.69. The first-order valence-corrected chi connectivity index (χ1v) is 9.19. The molecule has 28 heavy (non-hydrogen) atoms. The van der Waals surface area contributed by atoms with Crippen molar-refractivity contribution >= 4 is 5.69 Å². The Hall–Kier alpha value is -3.41. The first-order valence-electron chi connectivity index (χ1n) is 9.19. The first-order chi connectivity index (χ1) is 13.5. The van der Waals surface area contributed by atoms with E-state index in [0.717, 1.165) is 39.4 Å². The molecule has 0 aliphatic carbocycles. The lowest BCUT2D eigenvalue weighted by Crippen LogP contribution is -2.01. The normalized spacial score (nSPS) is 11.0. The minimum atomic E-state index is 0.508. The van der Waals surface area contributed by atoms with Gasteiger partial charge in [0.05, 0.1) is 5.69 Å². The second-order valence-corrected chi connectivity index (χ2v) is 6.90. The van der Waals surface area contributed by atoms with E-state index in [-0.39, 0.29) is 0 Å². The average Bonchev–Trinajstić information content (AvgIpc) is 3.30. The van der Waals surface area contributed by atoms with Crippen molar-refractivity contribution in [1.82, 2.24) is 15.3 Å². The van der Waals surface area contributed by atoms with Gasteiger partial charge in [0.1, 0.15) is 5.76 Å². The Morgan fingerprint density at radius 3 is 2.39 bits per heavy atom. The van der Waals surface area contributed by atoms with Gasteiger partial charge in [0.25, 0.3) is 5.89 Å². The highest BCUT2D eigenvalue weighted by atomic mass is 16.5. The molecule has 142 valence electrons. The lowest BCUT2D eigenvalue weighted by atomic mass is 10.0. The zero-order valence-corrected chi connectivity index (χ0v) is 16.4. The van der Waals surface area contributed by atoms with Crippen LogP contribution in [0.3, 0.4) is 0 Å². The maximum atomic E-state index is 5.49. The lowest BCUT2D eigenvalue weighted by molar-refractivity contribution is 0.392. The van der Waals surface area contributed by atoms with Crippen LogP contribution in [0.4, 0.5) is 5.69 Å². The second kappa shape index (κ2) is 7.31. The van der Waals surface area contributed by atoms with Crippen molar-refractivity contribution in [2.75, 3.05) is 5.32 Å². The van der Waals surface area contributed by atoms with Gasteiger partial charge in [0, 0.05) is 28.9 Å². The third-order valence-electron chi connectivity index (χ3n) is 5.05. The van der Waals surface area contributed by atoms with Crippen LogP contribution in [0.5, 0.6) is 0 Å². The summed E-state index contributed by atoms with van der Waals surface area (Å²) < 4.78 is 10.7. The number of rotatable bonds is 5. The number of aromatic nitrogens is 3. The predicted molar refractivity (Wildman–Crippen MR) is 108 cm³/mol. The van der Waals surface area contributed by atoms with Crippen LogP contribution in [0.2, 0.25) is 0 Å². The Morgan fingerprint density at radius 2 is 1.68 bits per heavy atom. The summed E-state index contributed by atoms with van der Waals surface area (Å²) in [5.74, 6) is 1.96. The molecule has 2 aromatic heterocycles. The molecule has 6 heteroatoms. The summed E-state index contributed by atoms with van der Waals surface area (Å²) in [7, 11) is 0. The van der Waals surface area contributed by atoms with E-state index >= 15 is 0 Å². The summed E-state index contributed by atoms with van der Waals surface area (Å²) in [6, 6.07) is 14.0. The van der Waals surface area contributed by atoms with Crippen molar-refractivity contribution in [1.29, 1.82) is 0 Å². The highest BCUT2D eigenvalue weighted by Gasteiger charge is 2.13. The molecule has 0 spiro atoms. The maximum Gasteiger partial charge on any atom is 0.258 e.